The molecule has 1 aliphatic rings. The summed E-state index contributed by atoms with van der Waals surface area (Å²) in [6, 6.07) is 9.61. The molecule has 0 saturated carbocycles. The van der Waals surface area contributed by atoms with Gasteiger partial charge in [0.15, 0.2) is 0 Å². The van der Waals surface area contributed by atoms with Gasteiger partial charge in [0.25, 0.3) is 0 Å². The van der Waals surface area contributed by atoms with Crippen LogP contribution in [0.4, 0.5) is 0 Å². The smallest absolute Gasteiger partial charge is 0.119 e. The van der Waals surface area contributed by atoms with E-state index < -0.39 is 6.10 Å². The number of hydrogen-bond donors (Lipinski definition) is 2. The summed E-state index contributed by atoms with van der Waals surface area (Å²) in [6.07, 6.45) is -0.423. The van der Waals surface area contributed by atoms with Crippen LogP contribution in [-0.2, 0) is 0 Å². The highest BCUT2D eigenvalue weighted by molar-refractivity contribution is 5.20. The minimum atomic E-state index is -0.423. The summed E-state index contributed by atoms with van der Waals surface area (Å²) >= 11 is 0. The van der Waals surface area contributed by atoms with Crippen molar-refractivity contribution in [2.45, 2.75) is 6.10 Å². The van der Waals surface area contributed by atoms with Crippen molar-refractivity contribution in [1.29, 1.82) is 0 Å². The van der Waals surface area contributed by atoms with Crippen molar-refractivity contribution in [3.05, 3.63) is 30.3 Å². The molecule has 1 fully saturated rings. The van der Waals surface area contributed by atoms with Crippen LogP contribution in [0.25, 0.3) is 0 Å². The minimum absolute atomic E-state index is 0.355. The fourth-order valence-electron chi connectivity index (χ4n) is 1.95. The lowest BCUT2D eigenvalue weighted by Crippen LogP contribution is -2.47. The summed E-state index contributed by atoms with van der Waals surface area (Å²) in [5.74, 6) is 0.812. The number of ether oxygens (including phenoxy) is 1. The van der Waals surface area contributed by atoms with Gasteiger partial charge in [-0.3, -0.25) is 4.90 Å². The number of para-hydroxylation sites is 1. The van der Waals surface area contributed by atoms with Gasteiger partial charge in [0.05, 0.1) is 0 Å². The molecule has 4 heteroatoms. The average molecular weight is 236 g/mol. The van der Waals surface area contributed by atoms with Gasteiger partial charge in [-0.2, -0.15) is 0 Å². The Morgan fingerprint density at radius 2 is 1.94 bits per heavy atom. The van der Waals surface area contributed by atoms with Gasteiger partial charge >= 0.3 is 0 Å². The largest absolute Gasteiger partial charge is 0.491 e. The lowest BCUT2D eigenvalue weighted by molar-refractivity contribution is 0.0641. The van der Waals surface area contributed by atoms with E-state index in [9.17, 15) is 5.11 Å². The van der Waals surface area contributed by atoms with Crippen molar-refractivity contribution >= 4 is 0 Å². The summed E-state index contributed by atoms with van der Waals surface area (Å²) in [6.45, 7) is 5.06. The molecule has 0 aromatic heterocycles. The zero-order valence-corrected chi connectivity index (χ0v) is 10.0. The molecule has 94 valence electrons. The van der Waals surface area contributed by atoms with E-state index in [1.54, 1.807) is 0 Å². The predicted molar refractivity (Wildman–Crippen MR) is 67.3 cm³/mol. The van der Waals surface area contributed by atoms with Crippen molar-refractivity contribution in [3.8, 4) is 5.75 Å². The molecule has 1 atom stereocenters. The molecule has 2 N–H and O–H groups in total. The quantitative estimate of drug-likeness (QED) is 0.773. The van der Waals surface area contributed by atoms with Crippen LogP contribution in [0, 0.1) is 0 Å². The normalized spacial score (nSPS) is 18.9. The average Bonchev–Trinajstić information content (AvgIpc) is 2.39. The maximum Gasteiger partial charge on any atom is 0.119 e. The Hall–Kier alpha value is -1.10. The van der Waals surface area contributed by atoms with Crippen molar-refractivity contribution in [2.24, 2.45) is 0 Å². The summed E-state index contributed by atoms with van der Waals surface area (Å²) in [5.41, 5.74) is 0. The number of rotatable bonds is 5. The zero-order valence-electron chi connectivity index (χ0n) is 10.0. The van der Waals surface area contributed by atoms with Gasteiger partial charge in [0.2, 0.25) is 0 Å². The Balaban J connectivity index is 1.68. The lowest BCUT2D eigenvalue weighted by Gasteiger charge is -2.28. The number of aliphatic hydroxyl groups is 1. The van der Waals surface area contributed by atoms with Crippen LogP contribution in [0.15, 0.2) is 30.3 Å². The number of piperazine rings is 1. The van der Waals surface area contributed by atoms with Crippen molar-refractivity contribution in [1.82, 2.24) is 10.2 Å². The van der Waals surface area contributed by atoms with E-state index in [0.29, 0.717) is 13.2 Å². The Kier molecular flexibility index (Phi) is 4.79. The molecule has 0 aliphatic carbocycles. The Morgan fingerprint density at radius 1 is 1.24 bits per heavy atom. The van der Waals surface area contributed by atoms with Crippen molar-refractivity contribution in [3.63, 3.8) is 0 Å². The summed E-state index contributed by atoms with van der Waals surface area (Å²) in [5, 5.41) is 13.2. The number of nitrogens with one attached hydrogen (secondary N) is 1. The van der Waals surface area contributed by atoms with E-state index in [4.69, 9.17) is 4.74 Å². The highest BCUT2D eigenvalue weighted by Gasteiger charge is 2.14. The highest BCUT2D eigenvalue weighted by atomic mass is 16.5. The SMILES string of the molecule is OC(COc1ccccc1)CN1CCNCC1. The molecule has 1 heterocycles. The number of aliphatic hydroxyl groups excluding tert-OH is 1. The fourth-order valence-corrected chi connectivity index (χ4v) is 1.95. The predicted octanol–water partition coefficient (Wildman–Crippen LogP) is 0.332. The Bertz CT molecular complexity index is 312. The molecular formula is C13H20N2O2. The van der Waals surface area contributed by atoms with E-state index in [1.165, 1.54) is 0 Å². The standard InChI is InChI=1S/C13H20N2O2/c16-12(10-15-8-6-14-7-9-15)11-17-13-4-2-1-3-5-13/h1-5,12,14,16H,6-11H2. The van der Waals surface area contributed by atoms with Crippen LogP contribution in [0.1, 0.15) is 0 Å². The minimum Gasteiger partial charge on any atom is -0.491 e. The molecule has 1 unspecified atom stereocenters. The number of β-amino-alcohol motifs (C(OH)–C–C–N with tert-alkyl or cyclic N) is 1. The molecular weight excluding hydrogens is 216 g/mol. The van der Waals surface area contributed by atoms with Crippen LogP contribution in [0.5, 0.6) is 5.75 Å². The van der Waals surface area contributed by atoms with Gasteiger partial charge in [-0.05, 0) is 12.1 Å². The van der Waals surface area contributed by atoms with E-state index in [1.807, 2.05) is 30.3 Å². The molecule has 1 saturated heterocycles. The maximum absolute atomic E-state index is 9.88. The monoisotopic (exact) mass is 236 g/mol. The van der Waals surface area contributed by atoms with Gasteiger partial charge in [0, 0.05) is 32.7 Å². The first-order chi connectivity index (χ1) is 8.34. The van der Waals surface area contributed by atoms with Crippen LogP contribution in [-0.4, -0.2) is 55.4 Å². The van der Waals surface area contributed by atoms with Gasteiger partial charge in [-0.1, -0.05) is 18.2 Å². The van der Waals surface area contributed by atoms with E-state index >= 15 is 0 Å². The topological polar surface area (TPSA) is 44.7 Å². The molecule has 0 spiro atoms. The Labute approximate surface area is 102 Å². The van der Waals surface area contributed by atoms with Gasteiger partial charge in [-0.25, -0.2) is 0 Å². The van der Waals surface area contributed by atoms with Crippen LogP contribution >= 0.6 is 0 Å². The Morgan fingerprint density at radius 3 is 2.65 bits per heavy atom. The fraction of sp³-hybridized carbons (Fsp3) is 0.538. The molecule has 0 amide bonds. The van der Waals surface area contributed by atoms with Gasteiger partial charge < -0.3 is 15.2 Å². The van der Waals surface area contributed by atoms with E-state index in [-0.39, 0.29) is 0 Å². The highest BCUT2D eigenvalue weighted by Crippen LogP contribution is 2.08. The molecule has 2 rings (SSSR count). The second-order valence-electron chi connectivity index (χ2n) is 4.33. The zero-order chi connectivity index (χ0) is 11.9. The first-order valence-electron chi connectivity index (χ1n) is 6.13. The summed E-state index contributed by atoms with van der Waals surface area (Å²) < 4.78 is 5.52. The second-order valence-corrected chi connectivity index (χ2v) is 4.33. The van der Waals surface area contributed by atoms with E-state index in [0.717, 1.165) is 31.9 Å². The molecule has 1 aromatic rings. The first-order valence-corrected chi connectivity index (χ1v) is 6.13. The molecule has 17 heavy (non-hydrogen) atoms. The number of hydrogen-bond acceptors (Lipinski definition) is 4. The first kappa shape index (κ1) is 12.4. The molecule has 0 bridgehead atoms. The maximum atomic E-state index is 9.88. The van der Waals surface area contributed by atoms with Gasteiger partial charge in [0.1, 0.15) is 18.5 Å². The molecule has 4 nitrogen and oxygen atoms in total. The van der Waals surface area contributed by atoms with Crippen molar-refractivity contribution in [2.75, 3.05) is 39.3 Å². The third-order valence-corrected chi connectivity index (χ3v) is 2.86. The lowest BCUT2D eigenvalue weighted by atomic mass is 10.3. The molecule has 0 radical (unpaired) electrons. The number of nitrogens with zero attached hydrogens (tertiary/aromatic N) is 1. The third-order valence-electron chi connectivity index (χ3n) is 2.86. The molecule has 1 aromatic carbocycles. The van der Waals surface area contributed by atoms with Gasteiger partial charge in [-0.15, -0.1) is 0 Å². The number of benzene rings is 1. The summed E-state index contributed by atoms with van der Waals surface area (Å²) in [7, 11) is 0. The summed E-state index contributed by atoms with van der Waals surface area (Å²) in [4.78, 5) is 2.26. The van der Waals surface area contributed by atoms with Crippen LogP contribution in [0.2, 0.25) is 0 Å². The second kappa shape index (κ2) is 6.59. The third kappa shape index (κ3) is 4.34. The van der Waals surface area contributed by atoms with Crippen LogP contribution < -0.4 is 10.1 Å². The van der Waals surface area contributed by atoms with E-state index in [2.05, 4.69) is 10.2 Å². The molecule has 1 aliphatic heterocycles. The van der Waals surface area contributed by atoms with Crippen molar-refractivity contribution < 1.29 is 9.84 Å². The van der Waals surface area contributed by atoms with Crippen LogP contribution in [0.3, 0.4) is 0 Å².